The molecular weight excluding hydrogens is 214 g/mol. The number of hydrogen-bond donors (Lipinski definition) is 2. The lowest BCUT2D eigenvalue weighted by atomic mass is 9.93. The molecule has 0 aromatic carbocycles. The van der Waals surface area contributed by atoms with Crippen LogP contribution in [-0.4, -0.2) is 17.6 Å². The fourth-order valence-electron chi connectivity index (χ4n) is 1.89. The molecule has 2 saturated carbocycles. The quantitative estimate of drug-likeness (QED) is 0.820. The molecule has 2 aliphatic rings. The van der Waals surface area contributed by atoms with Gasteiger partial charge < -0.3 is 15.8 Å². The summed E-state index contributed by atoms with van der Waals surface area (Å²) >= 11 is 0. The summed E-state index contributed by atoms with van der Waals surface area (Å²) in [6, 6.07) is 4.39. The Morgan fingerprint density at radius 3 is 2.76 bits per heavy atom. The molecule has 92 valence electrons. The molecule has 0 amide bonds. The van der Waals surface area contributed by atoms with Gasteiger partial charge in [0.05, 0.1) is 12.3 Å². The summed E-state index contributed by atoms with van der Waals surface area (Å²) in [6.07, 6.45) is 6.35. The van der Waals surface area contributed by atoms with E-state index in [4.69, 9.17) is 10.5 Å². The van der Waals surface area contributed by atoms with Crippen molar-refractivity contribution in [1.29, 1.82) is 0 Å². The zero-order valence-corrected chi connectivity index (χ0v) is 9.98. The summed E-state index contributed by atoms with van der Waals surface area (Å²) in [4.78, 5) is 4.44. The highest BCUT2D eigenvalue weighted by Gasteiger charge is 2.23. The zero-order chi connectivity index (χ0) is 11.7. The number of nitrogens with one attached hydrogen (secondary N) is 1. The van der Waals surface area contributed by atoms with Crippen LogP contribution in [0.5, 0.6) is 5.88 Å². The summed E-state index contributed by atoms with van der Waals surface area (Å²) in [5.74, 6) is 2.19. The third-order valence-corrected chi connectivity index (χ3v) is 3.50. The van der Waals surface area contributed by atoms with E-state index in [0.29, 0.717) is 17.6 Å². The number of aromatic nitrogens is 1. The maximum Gasteiger partial charge on any atom is 0.239 e. The third-order valence-electron chi connectivity index (χ3n) is 3.50. The minimum absolute atomic E-state index is 0.584. The Hall–Kier alpha value is -1.45. The van der Waals surface area contributed by atoms with Crippen molar-refractivity contribution in [1.82, 2.24) is 4.98 Å². The van der Waals surface area contributed by atoms with E-state index in [1.165, 1.54) is 32.1 Å². The van der Waals surface area contributed by atoms with Gasteiger partial charge in [0.25, 0.3) is 0 Å². The average molecular weight is 233 g/mol. The summed E-state index contributed by atoms with van der Waals surface area (Å²) in [5.41, 5.74) is 6.49. The normalized spacial score (nSPS) is 19.8. The van der Waals surface area contributed by atoms with Gasteiger partial charge in [0.15, 0.2) is 0 Å². The third kappa shape index (κ3) is 2.62. The number of pyridine rings is 1. The molecule has 2 fully saturated rings. The van der Waals surface area contributed by atoms with Gasteiger partial charge in [-0.1, -0.05) is 0 Å². The minimum Gasteiger partial charge on any atom is -0.476 e. The maximum absolute atomic E-state index is 5.86. The first-order valence-electron chi connectivity index (χ1n) is 6.47. The molecule has 1 aromatic heterocycles. The van der Waals surface area contributed by atoms with E-state index in [1.54, 1.807) is 0 Å². The van der Waals surface area contributed by atoms with E-state index in [9.17, 15) is 0 Å². The molecule has 1 aromatic rings. The lowest BCUT2D eigenvalue weighted by molar-refractivity contribution is 0.290. The van der Waals surface area contributed by atoms with E-state index < -0.39 is 0 Å². The van der Waals surface area contributed by atoms with E-state index in [2.05, 4.69) is 10.3 Å². The summed E-state index contributed by atoms with van der Waals surface area (Å²) in [5, 5.41) is 3.40. The van der Waals surface area contributed by atoms with Gasteiger partial charge in [-0.05, 0) is 50.2 Å². The summed E-state index contributed by atoms with van der Waals surface area (Å²) < 4.78 is 5.66. The highest BCUT2D eigenvalue weighted by Crippen LogP contribution is 2.31. The van der Waals surface area contributed by atoms with Gasteiger partial charge in [-0.2, -0.15) is 4.98 Å². The van der Waals surface area contributed by atoms with Crippen molar-refractivity contribution in [2.75, 3.05) is 17.7 Å². The molecule has 0 atom stereocenters. The lowest BCUT2D eigenvalue weighted by Gasteiger charge is -2.27. The predicted octanol–water partition coefficient (Wildman–Crippen LogP) is 2.42. The molecule has 0 saturated heterocycles. The van der Waals surface area contributed by atoms with Crippen LogP contribution in [0.3, 0.4) is 0 Å². The highest BCUT2D eigenvalue weighted by molar-refractivity contribution is 5.54. The molecule has 1 heterocycles. The molecule has 2 aliphatic carbocycles. The number of rotatable bonds is 5. The van der Waals surface area contributed by atoms with Crippen molar-refractivity contribution >= 4 is 11.5 Å². The molecule has 3 rings (SSSR count). The number of nitrogen functional groups attached to an aromatic ring is 1. The van der Waals surface area contributed by atoms with Crippen LogP contribution in [0.2, 0.25) is 0 Å². The second-order valence-corrected chi connectivity index (χ2v) is 5.12. The predicted molar refractivity (Wildman–Crippen MR) is 68.1 cm³/mol. The van der Waals surface area contributed by atoms with E-state index in [-0.39, 0.29) is 0 Å². The van der Waals surface area contributed by atoms with E-state index >= 15 is 0 Å². The van der Waals surface area contributed by atoms with E-state index in [0.717, 1.165) is 18.3 Å². The lowest BCUT2D eigenvalue weighted by Crippen LogP contribution is -2.27. The molecular formula is C13H19N3O. The Bertz CT molecular complexity index is 400. The molecule has 4 heteroatoms. The Balaban J connectivity index is 1.64. The van der Waals surface area contributed by atoms with Crippen molar-refractivity contribution in [3.8, 4) is 5.88 Å². The smallest absolute Gasteiger partial charge is 0.239 e. The van der Waals surface area contributed by atoms with Crippen LogP contribution in [0.15, 0.2) is 12.1 Å². The summed E-state index contributed by atoms with van der Waals surface area (Å²) in [6.45, 7) is 0.754. The number of nitrogens with two attached hydrogens (primary N) is 1. The Morgan fingerprint density at radius 1 is 1.29 bits per heavy atom. The molecule has 0 aliphatic heterocycles. The number of anilines is 2. The Morgan fingerprint density at radius 2 is 2.12 bits per heavy atom. The zero-order valence-electron chi connectivity index (χ0n) is 9.98. The first-order chi connectivity index (χ1) is 8.31. The van der Waals surface area contributed by atoms with Crippen LogP contribution >= 0.6 is 0 Å². The van der Waals surface area contributed by atoms with Gasteiger partial charge in [0.1, 0.15) is 5.82 Å². The first kappa shape index (κ1) is 10.7. The van der Waals surface area contributed by atoms with Gasteiger partial charge in [0, 0.05) is 6.04 Å². The molecule has 4 nitrogen and oxygen atoms in total. The standard InChI is InChI=1S/C13H19N3O/c14-11-6-7-12(15-10-2-1-3-10)16-13(11)17-8-9-4-5-9/h6-7,9-10H,1-5,8,14H2,(H,15,16). The van der Waals surface area contributed by atoms with Crippen molar-refractivity contribution in [2.24, 2.45) is 5.92 Å². The molecule has 0 spiro atoms. The van der Waals surface area contributed by atoms with Gasteiger partial charge >= 0.3 is 0 Å². The largest absolute Gasteiger partial charge is 0.476 e. The molecule has 0 radical (unpaired) electrons. The van der Waals surface area contributed by atoms with Crippen molar-refractivity contribution < 1.29 is 4.74 Å². The monoisotopic (exact) mass is 233 g/mol. The average Bonchev–Trinajstić information content (AvgIpc) is 3.07. The van der Waals surface area contributed by atoms with Crippen LogP contribution in [0.25, 0.3) is 0 Å². The SMILES string of the molecule is Nc1ccc(NC2CCC2)nc1OCC1CC1. The number of hydrogen-bond acceptors (Lipinski definition) is 4. The van der Waals surface area contributed by atoms with E-state index in [1.807, 2.05) is 12.1 Å². The van der Waals surface area contributed by atoms with Crippen molar-refractivity contribution in [2.45, 2.75) is 38.1 Å². The van der Waals surface area contributed by atoms with Crippen LogP contribution in [0.4, 0.5) is 11.5 Å². The molecule has 0 bridgehead atoms. The molecule has 17 heavy (non-hydrogen) atoms. The second kappa shape index (κ2) is 4.43. The van der Waals surface area contributed by atoms with Gasteiger partial charge in [-0.25, -0.2) is 0 Å². The minimum atomic E-state index is 0.584. The van der Waals surface area contributed by atoms with Gasteiger partial charge in [0.2, 0.25) is 5.88 Å². The number of nitrogens with zero attached hydrogens (tertiary/aromatic N) is 1. The first-order valence-corrected chi connectivity index (χ1v) is 6.47. The second-order valence-electron chi connectivity index (χ2n) is 5.12. The topological polar surface area (TPSA) is 60.2 Å². The fourth-order valence-corrected chi connectivity index (χ4v) is 1.89. The van der Waals surface area contributed by atoms with Crippen LogP contribution < -0.4 is 15.8 Å². The van der Waals surface area contributed by atoms with Crippen LogP contribution in [-0.2, 0) is 0 Å². The molecule has 3 N–H and O–H groups in total. The van der Waals surface area contributed by atoms with Crippen LogP contribution in [0.1, 0.15) is 32.1 Å². The maximum atomic E-state index is 5.86. The van der Waals surface area contributed by atoms with Gasteiger partial charge in [-0.3, -0.25) is 0 Å². The summed E-state index contributed by atoms with van der Waals surface area (Å²) in [7, 11) is 0. The highest BCUT2D eigenvalue weighted by atomic mass is 16.5. The van der Waals surface area contributed by atoms with Crippen molar-refractivity contribution in [3.63, 3.8) is 0 Å². The van der Waals surface area contributed by atoms with Crippen molar-refractivity contribution in [3.05, 3.63) is 12.1 Å². The Kier molecular flexibility index (Phi) is 2.79. The number of ether oxygens (including phenoxy) is 1. The Labute approximate surface area is 102 Å². The molecule has 0 unspecified atom stereocenters. The van der Waals surface area contributed by atoms with Crippen LogP contribution in [0, 0.1) is 5.92 Å². The fraction of sp³-hybridized carbons (Fsp3) is 0.615. The van der Waals surface area contributed by atoms with Gasteiger partial charge in [-0.15, -0.1) is 0 Å².